The minimum absolute atomic E-state index is 0.328. The quantitative estimate of drug-likeness (QED) is 0.716. The van der Waals surface area contributed by atoms with E-state index in [0.29, 0.717) is 6.04 Å². The first-order chi connectivity index (χ1) is 11.6. The Morgan fingerprint density at radius 3 is 2.50 bits per heavy atom. The van der Waals surface area contributed by atoms with E-state index in [1.165, 1.54) is 5.56 Å². The number of rotatable bonds is 9. The Morgan fingerprint density at radius 1 is 1.08 bits per heavy atom. The molecule has 0 saturated heterocycles. The van der Waals surface area contributed by atoms with E-state index in [4.69, 9.17) is 4.98 Å². The van der Waals surface area contributed by atoms with Crippen LogP contribution in [0.3, 0.4) is 0 Å². The average Bonchev–Trinajstić information content (AvgIpc) is 2.57. The highest BCUT2D eigenvalue weighted by atomic mass is 15.3. The van der Waals surface area contributed by atoms with Gasteiger partial charge in [0.2, 0.25) is 5.95 Å². The Labute approximate surface area is 145 Å². The van der Waals surface area contributed by atoms with Crippen molar-refractivity contribution in [2.24, 2.45) is 0 Å². The summed E-state index contributed by atoms with van der Waals surface area (Å²) in [6.07, 6.45) is 2.92. The van der Waals surface area contributed by atoms with Gasteiger partial charge in [-0.1, -0.05) is 30.3 Å². The molecule has 2 aromatic rings. The lowest BCUT2D eigenvalue weighted by atomic mass is 10.2. The Morgan fingerprint density at radius 2 is 1.83 bits per heavy atom. The Bertz CT molecular complexity index is 598. The molecule has 1 aromatic carbocycles. The van der Waals surface area contributed by atoms with Crippen LogP contribution in [0.5, 0.6) is 0 Å². The molecule has 0 bridgehead atoms. The van der Waals surface area contributed by atoms with Gasteiger partial charge in [0.1, 0.15) is 5.82 Å². The topological polar surface area (TPSA) is 44.3 Å². The van der Waals surface area contributed by atoms with Gasteiger partial charge in [0.05, 0.1) is 0 Å². The van der Waals surface area contributed by atoms with Crippen molar-refractivity contribution in [2.75, 3.05) is 37.4 Å². The fraction of sp³-hybridized carbons (Fsp3) is 0.474. The summed E-state index contributed by atoms with van der Waals surface area (Å²) in [7, 11) is 4.18. The van der Waals surface area contributed by atoms with Crippen molar-refractivity contribution >= 4 is 11.8 Å². The molecule has 0 radical (unpaired) electrons. The van der Waals surface area contributed by atoms with Crippen molar-refractivity contribution < 1.29 is 0 Å². The maximum absolute atomic E-state index is 4.70. The van der Waals surface area contributed by atoms with Gasteiger partial charge in [-0.3, -0.25) is 0 Å². The number of nitrogens with one attached hydrogen (secondary N) is 1. The maximum Gasteiger partial charge on any atom is 0.227 e. The average molecular weight is 327 g/mol. The molecule has 0 saturated carbocycles. The third-order valence-corrected chi connectivity index (χ3v) is 3.81. The minimum atomic E-state index is 0.328. The molecule has 5 heteroatoms. The zero-order valence-corrected chi connectivity index (χ0v) is 15.2. The van der Waals surface area contributed by atoms with Crippen LogP contribution in [0.1, 0.15) is 25.8 Å². The first-order valence-electron chi connectivity index (χ1n) is 8.58. The van der Waals surface area contributed by atoms with Gasteiger partial charge >= 0.3 is 0 Å². The van der Waals surface area contributed by atoms with E-state index in [1.807, 2.05) is 18.3 Å². The van der Waals surface area contributed by atoms with E-state index in [1.54, 1.807) is 0 Å². The Kier molecular flexibility index (Phi) is 7.00. The van der Waals surface area contributed by atoms with Gasteiger partial charge < -0.3 is 15.1 Å². The van der Waals surface area contributed by atoms with E-state index >= 15 is 0 Å². The van der Waals surface area contributed by atoms with Gasteiger partial charge in [0.25, 0.3) is 0 Å². The molecular formula is C19H29N5. The summed E-state index contributed by atoms with van der Waals surface area (Å²) in [4.78, 5) is 13.6. The largest absolute Gasteiger partial charge is 0.370 e. The number of hydrogen-bond donors (Lipinski definition) is 1. The molecular weight excluding hydrogens is 298 g/mol. The molecule has 0 atom stereocenters. The van der Waals surface area contributed by atoms with Crippen LogP contribution in [-0.2, 0) is 6.54 Å². The summed E-state index contributed by atoms with van der Waals surface area (Å²) in [5, 5.41) is 3.39. The highest BCUT2D eigenvalue weighted by Crippen LogP contribution is 2.17. The number of nitrogens with zero attached hydrogens (tertiary/aromatic N) is 4. The van der Waals surface area contributed by atoms with Crippen LogP contribution in [-0.4, -0.2) is 48.1 Å². The second-order valence-corrected chi connectivity index (χ2v) is 6.53. The molecule has 0 unspecified atom stereocenters. The highest BCUT2D eigenvalue weighted by Gasteiger charge is 2.14. The fourth-order valence-corrected chi connectivity index (χ4v) is 2.46. The summed E-state index contributed by atoms with van der Waals surface area (Å²) in [6, 6.07) is 12.7. The summed E-state index contributed by atoms with van der Waals surface area (Å²) in [5.41, 5.74) is 1.26. The minimum Gasteiger partial charge on any atom is -0.370 e. The lowest BCUT2D eigenvalue weighted by Crippen LogP contribution is -2.31. The van der Waals surface area contributed by atoms with Gasteiger partial charge in [-0.05, 0) is 52.5 Å². The molecule has 1 aromatic heterocycles. The van der Waals surface area contributed by atoms with Crippen LogP contribution in [0.15, 0.2) is 42.6 Å². The second kappa shape index (κ2) is 9.23. The van der Waals surface area contributed by atoms with Crippen molar-refractivity contribution in [3.05, 3.63) is 48.2 Å². The van der Waals surface area contributed by atoms with E-state index in [0.717, 1.165) is 37.8 Å². The van der Waals surface area contributed by atoms with Crippen molar-refractivity contribution in [1.82, 2.24) is 14.9 Å². The third kappa shape index (κ3) is 5.81. The molecule has 1 N–H and O–H groups in total. The van der Waals surface area contributed by atoms with E-state index in [2.05, 4.69) is 72.3 Å². The van der Waals surface area contributed by atoms with Gasteiger partial charge in [-0.25, -0.2) is 4.98 Å². The Hall–Kier alpha value is -2.14. The number of hydrogen-bond acceptors (Lipinski definition) is 5. The molecule has 0 aliphatic carbocycles. The highest BCUT2D eigenvalue weighted by molar-refractivity contribution is 5.42. The molecule has 1 heterocycles. The smallest absolute Gasteiger partial charge is 0.227 e. The van der Waals surface area contributed by atoms with Crippen LogP contribution >= 0.6 is 0 Å². The normalized spacial score (nSPS) is 11.1. The molecule has 0 aliphatic rings. The van der Waals surface area contributed by atoms with Crippen LogP contribution in [0.2, 0.25) is 0 Å². The van der Waals surface area contributed by atoms with Crippen LogP contribution in [0.25, 0.3) is 0 Å². The van der Waals surface area contributed by atoms with Crippen molar-refractivity contribution in [1.29, 1.82) is 0 Å². The SMILES string of the molecule is CC(C)N(Cc1ccccc1)c1nccc(NCCCN(C)C)n1. The zero-order valence-electron chi connectivity index (χ0n) is 15.2. The van der Waals surface area contributed by atoms with Gasteiger partial charge in [-0.15, -0.1) is 0 Å². The molecule has 2 rings (SSSR count). The van der Waals surface area contributed by atoms with Crippen molar-refractivity contribution in [3.8, 4) is 0 Å². The van der Waals surface area contributed by atoms with Crippen LogP contribution in [0.4, 0.5) is 11.8 Å². The van der Waals surface area contributed by atoms with Gasteiger partial charge in [0.15, 0.2) is 0 Å². The summed E-state index contributed by atoms with van der Waals surface area (Å²) in [5.74, 6) is 1.66. The third-order valence-electron chi connectivity index (χ3n) is 3.81. The van der Waals surface area contributed by atoms with Crippen LogP contribution < -0.4 is 10.2 Å². The van der Waals surface area contributed by atoms with E-state index in [9.17, 15) is 0 Å². The predicted octanol–water partition coefficient (Wildman–Crippen LogP) is 3.26. The van der Waals surface area contributed by atoms with E-state index < -0.39 is 0 Å². The maximum atomic E-state index is 4.70. The molecule has 0 spiro atoms. The summed E-state index contributed by atoms with van der Waals surface area (Å²) >= 11 is 0. The first kappa shape index (κ1) is 18.2. The first-order valence-corrected chi connectivity index (χ1v) is 8.58. The molecule has 0 aliphatic heterocycles. The lowest BCUT2D eigenvalue weighted by Gasteiger charge is -2.27. The predicted molar refractivity (Wildman–Crippen MR) is 101 cm³/mol. The second-order valence-electron chi connectivity index (χ2n) is 6.53. The Balaban J connectivity index is 2.03. The molecule has 0 fully saturated rings. The monoisotopic (exact) mass is 327 g/mol. The van der Waals surface area contributed by atoms with Gasteiger partial charge in [-0.2, -0.15) is 4.98 Å². The molecule has 130 valence electrons. The number of benzene rings is 1. The standard InChI is InChI=1S/C19H29N5/c1-16(2)24(15-17-9-6-5-7-10-17)19-21-13-11-18(22-19)20-12-8-14-23(3)4/h5-7,9-11,13,16H,8,12,14-15H2,1-4H3,(H,20,21,22). The summed E-state index contributed by atoms with van der Waals surface area (Å²) in [6.45, 7) is 7.13. The number of aromatic nitrogens is 2. The van der Waals surface area contributed by atoms with E-state index in [-0.39, 0.29) is 0 Å². The molecule has 0 amide bonds. The fourth-order valence-electron chi connectivity index (χ4n) is 2.46. The van der Waals surface area contributed by atoms with Crippen molar-refractivity contribution in [3.63, 3.8) is 0 Å². The number of anilines is 2. The van der Waals surface area contributed by atoms with Crippen molar-refractivity contribution in [2.45, 2.75) is 32.9 Å². The molecule has 24 heavy (non-hydrogen) atoms. The van der Waals surface area contributed by atoms with Crippen LogP contribution in [0, 0.1) is 0 Å². The zero-order chi connectivity index (χ0) is 17.4. The van der Waals surface area contributed by atoms with Gasteiger partial charge in [0, 0.05) is 25.3 Å². The summed E-state index contributed by atoms with van der Waals surface area (Å²) < 4.78 is 0. The molecule has 5 nitrogen and oxygen atoms in total. The lowest BCUT2D eigenvalue weighted by molar-refractivity contribution is 0.405.